The van der Waals surface area contributed by atoms with Crippen molar-refractivity contribution in [2.45, 2.75) is 25.1 Å². The number of carboxylic acid groups (broad SMARTS) is 1. The summed E-state index contributed by atoms with van der Waals surface area (Å²) >= 11 is 0. The van der Waals surface area contributed by atoms with Gasteiger partial charge in [-0.1, -0.05) is 6.07 Å². The van der Waals surface area contributed by atoms with E-state index in [0.717, 1.165) is 12.1 Å². The molecule has 0 saturated carbocycles. The second-order valence-electron chi connectivity index (χ2n) is 3.97. The Balaban J connectivity index is 2.90. The molecule has 0 fully saturated rings. The Hall–Kier alpha value is -2.07. The van der Waals surface area contributed by atoms with Crippen molar-refractivity contribution in [3.63, 3.8) is 0 Å². The van der Waals surface area contributed by atoms with Crippen LogP contribution in [0, 0.1) is 11.3 Å². The summed E-state index contributed by atoms with van der Waals surface area (Å²) in [5, 5.41) is 17.3. The lowest BCUT2D eigenvalue weighted by Crippen LogP contribution is -2.30. The van der Waals surface area contributed by atoms with E-state index >= 15 is 0 Å². The molecule has 0 saturated heterocycles. The van der Waals surface area contributed by atoms with Gasteiger partial charge in [0.05, 0.1) is 17.2 Å². The Morgan fingerprint density at radius 3 is 2.58 bits per heavy atom. The topological polar surface area (TPSA) is 87.1 Å². The predicted molar refractivity (Wildman–Crippen MR) is 60.1 cm³/mol. The highest BCUT2D eigenvalue weighted by atomic mass is 19.4. The van der Waals surface area contributed by atoms with Gasteiger partial charge in [-0.05, 0) is 30.5 Å². The van der Waals surface area contributed by atoms with Crippen LogP contribution in [0.4, 0.5) is 13.2 Å². The first-order valence-electron chi connectivity index (χ1n) is 5.34. The Labute approximate surface area is 107 Å². The van der Waals surface area contributed by atoms with Gasteiger partial charge in [0.1, 0.15) is 6.04 Å². The number of carboxylic acids is 1. The van der Waals surface area contributed by atoms with Gasteiger partial charge in [0, 0.05) is 0 Å². The average Bonchev–Trinajstić information content (AvgIpc) is 2.34. The first-order valence-corrected chi connectivity index (χ1v) is 5.34. The molecule has 19 heavy (non-hydrogen) atoms. The monoisotopic (exact) mass is 272 g/mol. The molecule has 1 aromatic carbocycles. The number of nitriles is 1. The summed E-state index contributed by atoms with van der Waals surface area (Å²) in [5.41, 5.74) is 4.26. The van der Waals surface area contributed by atoms with E-state index in [1.807, 2.05) is 0 Å². The molecule has 0 spiro atoms. The number of halogens is 3. The van der Waals surface area contributed by atoms with E-state index in [0.29, 0.717) is 5.56 Å². The number of aliphatic carboxylic acids is 1. The number of hydrogen-bond donors (Lipinski definition) is 2. The van der Waals surface area contributed by atoms with Crippen molar-refractivity contribution in [3.05, 3.63) is 34.9 Å². The summed E-state index contributed by atoms with van der Waals surface area (Å²) in [5.74, 6) is -1.17. The van der Waals surface area contributed by atoms with Gasteiger partial charge >= 0.3 is 12.1 Å². The predicted octanol–water partition coefficient (Wildman–Crippen LogP) is 1.92. The van der Waals surface area contributed by atoms with E-state index in [9.17, 15) is 18.0 Å². The van der Waals surface area contributed by atoms with Crippen molar-refractivity contribution in [1.29, 1.82) is 5.26 Å². The van der Waals surface area contributed by atoms with Crippen LogP contribution in [0.2, 0.25) is 0 Å². The number of nitrogens with two attached hydrogens (primary N) is 1. The molecule has 0 heterocycles. The maximum Gasteiger partial charge on any atom is 0.417 e. The number of benzene rings is 1. The van der Waals surface area contributed by atoms with Crippen LogP contribution in [-0.4, -0.2) is 17.1 Å². The van der Waals surface area contributed by atoms with E-state index in [-0.39, 0.29) is 12.8 Å². The molecule has 0 radical (unpaired) electrons. The van der Waals surface area contributed by atoms with Crippen LogP contribution >= 0.6 is 0 Å². The van der Waals surface area contributed by atoms with Gasteiger partial charge in [-0.25, -0.2) is 0 Å². The number of nitrogens with zero attached hydrogens (tertiary/aromatic N) is 1. The minimum atomic E-state index is -4.58. The van der Waals surface area contributed by atoms with E-state index in [4.69, 9.17) is 16.1 Å². The van der Waals surface area contributed by atoms with Crippen LogP contribution in [0.3, 0.4) is 0 Å². The largest absolute Gasteiger partial charge is 0.480 e. The van der Waals surface area contributed by atoms with Gasteiger partial charge in [0.15, 0.2) is 0 Å². The molecule has 0 amide bonds. The lowest BCUT2D eigenvalue weighted by Gasteiger charge is -2.11. The zero-order chi connectivity index (χ0) is 14.6. The molecule has 3 N–H and O–H groups in total. The molecule has 1 aromatic rings. The summed E-state index contributed by atoms with van der Waals surface area (Å²) in [7, 11) is 0. The van der Waals surface area contributed by atoms with Crippen molar-refractivity contribution >= 4 is 5.97 Å². The summed E-state index contributed by atoms with van der Waals surface area (Å²) in [6, 6.07) is 3.56. The summed E-state index contributed by atoms with van der Waals surface area (Å²) in [4.78, 5) is 10.5. The van der Waals surface area contributed by atoms with Gasteiger partial charge in [-0.15, -0.1) is 0 Å². The number of hydrogen-bond acceptors (Lipinski definition) is 3. The Morgan fingerprint density at radius 2 is 2.11 bits per heavy atom. The van der Waals surface area contributed by atoms with Gasteiger partial charge < -0.3 is 10.8 Å². The molecule has 0 aliphatic carbocycles. The average molecular weight is 272 g/mol. The molecule has 1 atom stereocenters. The third kappa shape index (κ3) is 3.96. The summed E-state index contributed by atoms with van der Waals surface area (Å²) < 4.78 is 37.6. The molecular weight excluding hydrogens is 261 g/mol. The van der Waals surface area contributed by atoms with Crippen molar-refractivity contribution in [2.75, 3.05) is 0 Å². The fraction of sp³-hybridized carbons (Fsp3) is 0.333. The molecule has 1 rings (SSSR count). The Morgan fingerprint density at radius 1 is 1.47 bits per heavy atom. The number of carbonyl (C=O) groups is 1. The number of rotatable bonds is 4. The molecule has 0 bridgehead atoms. The van der Waals surface area contributed by atoms with Crippen molar-refractivity contribution < 1.29 is 23.1 Å². The standard InChI is InChI=1S/C12H11F3N2O2/c13-12(14,15)9-3-1-7(5-8(9)6-16)2-4-10(17)11(18)19/h1,3,5,10H,2,4,17H2,(H,18,19)/t10-/m0/s1. The van der Waals surface area contributed by atoms with E-state index in [1.165, 1.54) is 12.1 Å². The van der Waals surface area contributed by atoms with E-state index < -0.39 is 29.3 Å². The molecule has 0 unspecified atom stereocenters. The minimum absolute atomic E-state index is 0.0889. The number of alkyl halides is 3. The zero-order valence-corrected chi connectivity index (χ0v) is 9.74. The zero-order valence-electron chi connectivity index (χ0n) is 9.74. The first kappa shape index (κ1) is 15.0. The highest BCUT2D eigenvalue weighted by Crippen LogP contribution is 2.32. The molecule has 7 heteroatoms. The third-order valence-electron chi connectivity index (χ3n) is 2.57. The van der Waals surface area contributed by atoms with Crippen molar-refractivity contribution in [2.24, 2.45) is 5.73 Å². The fourth-order valence-electron chi connectivity index (χ4n) is 1.53. The van der Waals surface area contributed by atoms with Crippen molar-refractivity contribution in [3.8, 4) is 6.07 Å². The van der Waals surface area contributed by atoms with E-state index in [2.05, 4.69) is 0 Å². The normalized spacial score (nSPS) is 12.8. The van der Waals surface area contributed by atoms with Crippen LogP contribution in [-0.2, 0) is 17.4 Å². The fourth-order valence-corrected chi connectivity index (χ4v) is 1.53. The second-order valence-corrected chi connectivity index (χ2v) is 3.97. The molecule has 0 aliphatic rings. The van der Waals surface area contributed by atoms with Crippen LogP contribution in [0.25, 0.3) is 0 Å². The molecular formula is C12H11F3N2O2. The van der Waals surface area contributed by atoms with Gasteiger partial charge in [0.25, 0.3) is 0 Å². The van der Waals surface area contributed by atoms with Gasteiger partial charge in [-0.3, -0.25) is 4.79 Å². The molecule has 4 nitrogen and oxygen atoms in total. The third-order valence-corrected chi connectivity index (χ3v) is 2.57. The first-order chi connectivity index (χ1) is 8.75. The van der Waals surface area contributed by atoms with Crippen LogP contribution in [0.15, 0.2) is 18.2 Å². The van der Waals surface area contributed by atoms with Crippen molar-refractivity contribution in [1.82, 2.24) is 0 Å². The van der Waals surface area contributed by atoms with Gasteiger partial charge in [-0.2, -0.15) is 18.4 Å². The lowest BCUT2D eigenvalue weighted by atomic mass is 10.00. The second kappa shape index (κ2) is 5.71. The van der Waals surface area contributed by atoms with Crippen LogP contribution in [0.5, 0.6) is 0 Å². The van der Waals surface area contributed by atoms with E-state index in [1.54, 1.807) is 0 Å². The van der Waals surface area contributed by atoms with Crippen LogP contribution < -0.4 is 5.73 Å². The minimum Gasteiger partial charge on any atom is -0.480 e. The lowest BCUT2D eigenvalue weighted by molar-refractivity contribution is -0.139. The highest BCUT2D eigenvalue weighted by molar-refractivity contribution is 5.73. The highest BCUT2D eigenvalue weighted by Gasteiger charge is 2.33. The summed E-state index contributed by atoms with van der Waals surface area (Å²) in [6.07, 6.45) is -4.30. The number of aryl methyl sites for hydroxylation is 1. The molecule has 0 aliphatic heterocycles. The SMILES string of the molecule is N#Cc1cc(CC[C@H](N)C(=O)O)ccc1C(F)(F)F. The molecule has 102 valence electrons. The van der Waals surface area contributed by atoms with Crippen LogP contribution in [0.1, 0.15) is 23.1 Å². The Kier molecular flexibility index (Phi) is 4.51. The maximum atomic E-state index is 12.5. The summed E-state index contributed by atoms with van der Waals surface area (Å²) in [6.45, 7) is 0. The quantitative estimate of drug-likeness (QED) is 0.876. The Bertz CT molecular complexity index is 521. The smallest absolute Gasteiger partial charge is 0.417 e. The molecule has 0 aromatic heterocycles. The maximum absolute atomic E-state index is 12.5. The van der Waals surface area contributed by atoms with Gasteiger partial charge in [0.2, 0.25) is 0 Å².